The molecule has 7 heteroatoms. The number of esters is 2. The Hall–Kier alpha value is -2.38. The second kappa shape index (κ2) is 11.1. The number of carbonyl (C=O) groups is 2. The maximum atomic E-state index is 12.4. The molecule has 0 spiro atoms. The first-order valence-corrected chi connectivity index (χ1v) is 10.5. The monoisotopic (exact) mass is 418 g/mol. The van der Waals surface area contributed by atoms with Crippen LogP contribution in [0.4, 0.5) is 0 Å². The summed E-state index contributed by atoms with van der Waals surface area (Å²) in [5.41, 5.74) is 0.478. The highest BCUT2D eigenvalue weighted by Gasteiger charge is 2.47. The summed E-state index contributed by atoms with van der Waals surface area (Å²) < 4.78 is 27.7. The minimum absolute atomic E-state index is 0.0146. The lowest BCUT2D eigenvalue weighted by molar-refractivity contribution is -0.137. The van der Waals surface area contributed by atoms with Crippen LogP contribution >= 0.6 is 0 Å². The van der Waals surface area contributed by atoms with Crippen molar-refractivity contribution in [1.29, 1.82) is 0 Å². The molecule has 0 N–H and O–H groups in total. The number of carbonyl (C=O) groups excluding carboxylic acids is 2. The van der Waals surface area contributed by atoms with Crippen LogP contribution in [-0.4, -0.2) is 56.7 Å². The average Bonchev–Trinajstić information content (AvgIpc) is 3.33. The van der Waals surface area contributed by atoms with Crippen molar-refractivity contribution in [1.82, 2.24) is 0 Å². The highest BCUT2D eigenvalue weighted by Crippen LogP contribution is 2.32. The van der Waals surface area contributed by atoms with E-state index >= 15 is 0 Å². The van der Waals surface area contributed by atoms with E-state index in [2.05, 4.69) is 13.5 Å². The van der Waals surface area contributed by atoms with Gasteiger partial charge in [0.25, 0.3) is 0 Å². The topological polar surface area (TPSA) is 80.3 Å². The summed E-state index contributed by atoms with van der Waals surface area (Å²) in [7, 11) is 0. The molecule has 2 saturated heterocycles. The first-order valence-electron chi connectivity index (χ1n) is 10.5. The third kappa shape index (κ3) is 6.06. The van der Waals surface area contributed by atoms with E-state index in [-0.39, 0.29) is 30.3 Å². The molecule has 0 radical (unpaired) electrons. The lowest BCUT2D eigenvalue weighted by Crippen LogP contribution is -2.32. The maximum Gasteiger partial charge on any atom is 0.338 e. The van der Waals surface area contributed by atoms with Gasteiger partial charge in [0.1, 0.15) is 11.9 Å². The van der Waals surface area contributed by atoms with Crippen LogP contribution in [0.2, 0.25) is 0 Å². The van der Waals surface area contributed by atoms with Crippen molar-refractivity contribution in [2.75, 3.05) is 26.4 Å². The Morgan fingerprint density at radius 2 is 1.73 bits per heavy atom. The number of fused-ring (bicyclic) bond motifs is 1. The SMILES string of the molecule is C=CC(=O)OCCCCCCOc1ccc(C(=O)OC2COC3C2OC[C@@H]3C)cc1. The molecule has 0 bridgehead atoms. The zero-order chi connectivity index (χ0) is 21.3. The van der Waals surface area contributed by atoms with Gasteiger partial charge in [-0.15, -0.1) is 0 Å². The summed E-state index contributed by atoms with van der Waals surface area (Å²) in [6, 6.07) is 6.95. The van der Waals surface area contributed by atoms with Crippen molar-refractivity contribution < 1.29 is 33.3 Å². The number of hydrogen-bond donors (Lipinski definition) is 0. The smallest absolute Gasteiger partial charge is 0.338 e. The molecule has 0 amide bonds. The van der Waals surface area contributed by atoms with E-state index < -0.39 is 0 Å². The fraction of sp³-hybridized carbons (Fsp3) is 0.565. The van der Waals surface area contributed by atoms with Crippen LogP contribution < -0.4 is 4.74 Å². The molecule has 7 nitrogen and oxygen atoms in total. The Morgan fingerprint density at radius 1 is 1.03 bits per heavy atom. The van der Waals surface area contributed by atoms with Gasteiger partial charge in [-0.2, -0.15) is 0 Å². The molecule has 3 rings (SSSR count). The molecule has 0 aliphatic carbocycles. The lowest BCUT2D eigenvalue weighted by atomic mass is 10.0. The van der Waals surface area contributed by atoms with Crippen molar-refractivity contribution in [3.8, 4) is 5.75 Å². The molecule has 0 aromatic heterocycles. The Balaban J connectivity index is 1.31. The lowest BCUT2D eigenvalue weighted by Gasteiger charge is -2.17. The highest BCUT2D eigenvalue weighted by molar-refractivity contribution is 5.89. The molecular formula is C23H30O7. The molecule has 1 aromatic rings. The van der Waals surface area contributed by atoms with E-state index in [1.165, 1.54) is 6.08 Å². The van der Waals surface area contributed by atoms with E-state index in [9.17, 15) is 9.59 Å². The van der Waals surface area contributed by atoms with E-state index in [1.807, 2.05) is 0 Å². The second-order valence-electron chi connectivity index (χ2n) is 7.68. The Labute approximate surface area is 177 Å². The zero-order valence-corrected chi connectivity index (χ0v) is 17.4. The normalized spacial score (nSPS) is 24.8. The standard InChI is InChI=1S/C23H30O7/c1-3-20(24)27-13-7-5-4-6-12-26-18-10-8-17(9-11-18)23(25)30-19-15-29-21-16(2)14-28-22(19)21/h3,8-11,16,19,21-22H,1,4-7,12-15H2,2H3/t16-,19?,21?,22?/m0/s1. The maximum absolute atomic E-state index is 12.4. The quantitative estimate of drug-likeness (QED) is 0.310. The molecule has 3 unspecified atom stereocenters. The number of benzene rings is 1. The summed E-state index contributed by atoms with van der Waals surface area (Å²) in [6.07, 6.45) is 4.35. The van der Waals surface area contributed by atoms with Gasteiger partial charge in [-0.25, -0.2) is 9.59 Å². The van der Waals surface area contributed by atoms with Crippen LogP contribution in [0, 0.1) is 5.92 Å². The molecule has 30 heavy (non-hydrogen) atoms. The number of hydrogen-bond acceptors (Lipinski definition) is 7. The van der Waals surface area contributed by atoms with Crippen LogP contribution in [0.1, 0.15) is 43.0 Å². The Morgan fingerprint density at radius 3 is 2.47 bits per heavy atom. The molecular weight excluding hydrogens is 388 g/mol. The summed E-state index contributed by atoms with van der Waals surface area (Å²) in [4.78, 5) is 23.3. The van der Waals surface area contributed by atoms with Gasteiger partial charge in [-0.1, -0.05) is 13.5 Å². The van der Waals surface area contributed by atoms with Crippen molar-refractivity contribution >= 4 is 11.9 Å². The minimum Gasteiger partial charge on any atom is -0.494 e. The predicted octanol–water partition coefficient (Wildman–Crippen LogP) is 3.31. The Kier molecular flexibility index (Phi) is 8.28. The van der Waals surface area contributed by atoms with Crippen LogP contribution in [0.3, 0.4) is 0 Å². The minimum atomic E-state index is -0.382. The van der Waals surface area contributed by atoms with Crippen molar-refractivity contribution in [2.45, 2.75) is 50.9 Å². The van der Waals surface area contributed by atoms with Gasteiger partial charge in [0, 0.05) is 12.0 Å². The first-order chi connectivity index (χ1) is 14.6. The number of rotatable bonds is 11. The summed E-state index contributed by atoms with van der Waals surface area (Å²) in [5.74, 6) is 0.276. The fourth-order valence-corrected chi connectivity index (χ4v) is 3.63. The third-order valence-corrected chi connectivity index (χ3v) is 5.32. The first kappa shape index (κ1) is 22.3. The molecule has 1 aromatic carbocycles. The van der Waals surface area contributed by atoms with Crippen LogP contribution in [-0.2, 0) is 23.7 Å². The van der Waals surface area contributed by atoms with Gasteiger partial charge < -0.3 is 23.7 Å². The van der Waals surface area contributed by atoms with Gasteiger partial charge in [0.05, 0.1) is 38.1 Å². The number of unbranched alkanes of at least 4 members (excludes halogenated alkanes) is 3. The molecule has 2 heterocycles. The van der Waals surface area contributed by atoms with Gasteiger partial charge in [0.15, 0.2) is 6.10 Å². The number of ether oxygens (including phenoxy) is 5. The van der Waals surface area contributed by atoms with E-state index in [0.29, 0.717) is 43.7 Å². The largest absolute Gasteiger partial charge is 0.494 e. The average molecular weight is 418 g/mol. The summed E-state index contributed by atoms with van der Waals surface area (Å²) in [6.45, 7) is 7.46. The summed E-state index contributed by atoms with van der Waals surface area (Å²) >= 11 is 0. The van der Waals surface area contributed by atoms with Gasteiger partial charge in [-0.3, -0.25) is 0 Å². The van der Waals surface area contributed by atoms with Crippen molar-refractivity contribution in [3.63, 3.8) is 0 Å². The van der Waals surface area contributed by atoms with Crippen molar-refractivity contribution in [3.05, 3.63) is 42.5 Å². The third-order valence-electron chi connectivity index (χ3n) is 5.32. The summed E-state index contributed by atoms with van der Waals surface area (Å²) in [5, 5.41) is 0. The van der Waals surface area contributed by atoms with E-state index in [1.54, 1.807) is 24.3 Å². The molecule has 2 fully saturated rings. The predicted molar refractivity (Wildman–Crippen MR) is 109 cm³/mol. The van der Waals surface area contributed by atoms with Crippen LogP contribution in [0.5, 0.6) is 5.75 Å². The molecule has 4 atom stereocenters. The van der Waals surface area contributed by atoms with Gasteiger partial charge >= 0.3 is 11.9 Å². The Bertz CT molecular complexity index is 715. The van der Waals surface area contributed by atoms with Crippen LogP contribution in [0.15, 0.2) is 36.9 Å². The second-order valence-corrected chi connectivity index (χ2v) is 7.68. The molecule has 2 aliphatic heterocycles. The van der Waals surface area contributed by atoms with E-state index in [4.69, 9.17) is 23.7 Å². The molecule has 0 saturated carbocycles. The fourth-order valence-electron chi connectivity index (χ4n) is 3.63. The molecule has 2 aliphatic rings. The van der Waals surface area contributed by atoms with E-state index in [0.717, 1.165) is 25.7 Å². The highest BCUT2D eigenvalue weighted by atomic mass is 16.6. The zero-order valence-electron chi connectivity index (χ0n) is 17.4. The van der Waals surface area contributed by atoms with Gasteiger partial charge in [-0.05, 0) is 49.9 Å². The van der Waals surface area contributed by atoms with Crippen LogP contribution in [0.25, 0.3) is 0 Å². The van der Waals surface area contributed by atoms with Gasteiger partial charge in [0.2, 0.25) is 0 Å². The molecule has 164 valence electrons. The van der Waals surface area contributed by atoms with Crippen molar-refractivity contribution in [2.24, 2.45) is 5.92 Å².